The summed E-state index contributed by atoms with van der Waals surface area (Å²) in [4.78, 5) is 0. The van der Waals surface area contributed by atoms with E-state index in [1.54, 1.807) is 0 Å². The van der Waals surface area contributed by atoms with E-state index >= 15 is 0 Å². The highest BCUT2D eigenvalue weighted by atomic mass is 19.4. The number of rotatable bonds is 5. The maximum atomic E-state index is 13.6. The van der Waals surface area contributed by atoms with Gasteiger partial charge in [0.15, 0.2) is 5.76 Å². The van der Waals surface area contributed by atoms with Crippen LogP contribution in [0, 0.1) is 0 Å². The lowest BCUT2D eigenvalue weighted by molar-refractivity contribution is -0.276. The zero-order chi connectivity index (χ0) is 26.2. The zero-order valence-electron chi connectivity index (χ0n) is 17.0. The molecule has 190 valence electrons. The lowest BCUT2D eigenvalue weighted by atomic mass is 10.1. The second-order valence-corrected chi connectivity index (χ2v) is 6.87. The van der Waals surface area contributed by atoms with Crippen molar-refractivity contribution in [3.8, 4) is 5.75 Å². The van der Waals surface area contributed by atoms with E-state index in [2.05, 4.69) is 15.2 Å². The molecule has 2 aromatic carbocycles. The fraction of sp³-hybridized carbons (Fsp3) is 0.211. The number of furan rings is 1. The summed E-state index contributed by atoms with van der Waals surface area (Å²) in [6.07, 6.45) is -15.4. The third-order valence-electron chi connectivity index (χ3n) is 4.53. The monoisotopic (exact) mass is 515 g/mol. The van der Waals surface area contributed by atoms with Crippen LogP contribution in [0.25, 0.3) is 11.0 Å². The van der Waals surface area contributed by atoms with Gasteiger partial charge in [0.25, 0.3) is 0 Å². The van der Waals surface area contributed by atoms with E-state index in [1.165, 1.54) is 12.1 Å². The van der Waals surface area contributed by atoms with E-state index < -0.39 is 47.2 Å². The topological polar surface area (TPSA) is 111 Å². The maximum absolute atomic E-state index is 13.6. The van der Waals surface area contributed by atoms with Crippen molar-refractivity contribution in [1.29, 1.82) is 0 Å². The molecule has 35 heavy (non-hydrogen) atoms. The maximum Gasteiger partial charge on any atom is 0.573 e. The van der Waals surface area contributed by atoms with Crippen LogP contribution in [0.2, 0.25) is 0 Å². The van der Waals surface area contributed by atoms with Gasteiger partial charge in [0.05, 0.1) is 5.56 Å². The first kappa shape index (κ1) is 25.8. The molecular formula is C19H14F9N5O2. The van der Waals surface area contributed by atoms with Crippen LogP contribution >= 0.6 is 0 Å². The van der Waals surface area contributed by atoms with Gasteiger partial charge in [-0.25, -0.2) is 5.84 Å². The first-order valence-corrected chi connectivity index (χ1v) is 9.22. The molecule has 0 radical (unpaired) electrons. The number of hydrazine groups is 1. The Morgan fingerprint density at radius 1 is 0.943 bits per heavy atom. The van der Waals surface area contributed by atoms with Crippen molar-refractivity contribution in [1.82, 2.24) is 5.43 Å². The normalized spacial score (nSPS) is 13.3. The Balaban J connectivity index is 1.92. The molecule has 0 fully saturated rings. The smallest absolute Gasteiger partial charge is 0.452 e. The van der Waals surface area contributed by atoms with E-state index in [0.717, 1.165) is 12.1 Å². The van der Waals surface area contributed by atoms with Gasteiger partial charge >= 0.3 is 18.7 Å². The van der Waals surface area contributed by atoms with Crippen LogP contribution < -0.4 is 27.2 Å². The Bertz CT molecular complexity index is 1250. The molecule has 0 atom stereocenters. The van der Waals surface area contributed by atoms with Gasteiger partial charge in [-0.15, -0.1) is 13.2 Å². The number of ether oxygens (including phenoxy) is 1. The van der Waals surface area contributed by atoms with E-state index in [4.69, 9.17) is 16.1 Å². The molecule has 0 aliphatic rings. The van der Waals surface area contributed by atoms with Crippen molar-refractivity contribution >= 4 is 22.5 Å². The quantitative estimate of drug-likeness (QED) is 0.124. The van der Waals surface area contributed by atoms with Crippen LogP contribution in [0.1, 0.15) is 22.5 Å². The standard InChI is InChI=1S/C19H14F9N5O2/c20-17(21,22)11-6-9(2-4-12(11)35-19(26,27)28)31-7-8-1-3-10-13(5-8)34-15(16(32-29)33-30)14(10)18(23,24)25/h1-6,31H,7,29-30H2,(H,32,33). The third-order valence-corrected chi connectivity index (χ3v) is 4.53. The molecule has 1 heterocycles. The Morgan fingerprint density at radius 2 is 1.63 bits per heavy atom. The van der Waals surface area contributed by atoms with E-state index in [1.807, 2.05) is 5.43 Å². The molecule has 16 heteroatoms. The molecule has 3 aromatic rings. The van der Waals surface area contributed by atoms with Crippen molar-refractivity contribution in [2.24, 2.45) is 16.8 Å². The minimum Gasteiger partial charge on any atom is -0.452 e. The molecule has 0 unspecified atom stereocenters. The molecule has 3 rings (SSSR count). The molecule has 0 aliphatic heterocycles. The molecule has 1 aromatic heterocycles. The van der Waals surface area contributed by atoms with Crippen LogP contribution in [0.3, 0.4) is 0 Å². The second kappa shape index (κ2) is 9.09. The summed E-state index contributed by atoms with van der Waals surface area (Å²) < 4.78 is 126. The second-order valence-electron chi connectivity index (χ2n) is 6.87. The number of nitrogens with zero attached hydrogens (tertiary/aromatic N) is 1. The van der Waals surface area contributed by atoms with E-state index in [-0.39, 0.29) is 28.8 Å². The largest absolute Gasteiger partial charge is 0.573 e. The number of hydrogen-bond donors (Lipinski definition) is 4. The van der Waals surface area contributed by atoms with Gasteiger partial charge in [-0.3, -0.25) is 0 Å². The van der Waals surface area contributed by atoms with E-state index in [9.17, 15) is 39.5 Å². The van der Waals surface area contributed by atoms with Crippen LogP contribution in [0.15, 0.2) is 45.9 Å². The Morgan fingerprint density at radius 3 is 2.17 bits per heavy atom. The molecule has 0 bridgehead atoms. The first-order valence-electron chi connectivity index (χ1n) is 9.22. The molecule has 0 amide bonds. The minimum absolute atomic E-state index is 0.225. The summed E-state index contributed by atoms with van der Waals surface area (Å²) in [6, 6.07) is 5.29. The molecule has 6 N–H and O–H groups in total. The van der Waals surface area contributed by atoms with E-state index in [0.29, 0.717) is 12.1 Å². The van der Waals surface area contributed by atoms with Crippen LogP contribution in [-0.4, -0.2) is 12.2 Å². The summed E-state index contributed by atoms with van der Waals surface area (Å²) >= 11 is 0. The number of nitrogens with one attached hydrogen (secondary N) is 2. The number of hydrogen-bond acceptors (Lipinski definition) is 6. The van der Waals surface area contributed by atoms with Gasteiger partial charge in [-0.1, -0.05) is 12.1 Å². The lowest BCUT2D eigenvalue weighted by Crippen LogP contribution is -2.33. The summed E-state index contributed by atoms with van der Waals surface area (Å²) in [5.41, 5.74) is -1.22. The molecule has 0 spiro atoms. The highest BCUT2D eigenvalue weighted by molar-refractivity contribution is 6.02. The van der Waals surface area contributed by atoms with Crippen molar-refractivity contribution < 1.29 is 48.7 Å². The number of halogens is 9. The minimum atomic E-state index is -5.34. The zero-order valence-corrected chi connectivity index (χ0v) is 17.0. The van der Waals surface area contributed by atoms with Gasteiger partial charge in [0.1, 0.15) is 16.9 Å². The fourth-order valence-corrected chi connectivity index (χ4v) is 3.14. The Hall–Kier alpha value is -3.82. The van der Waals surface area contributed by atoms with Crippen molar-refractivity contribution in [2.75, 3.05) is 5.32 Å². The van der Waals surface area contributed by atoms with Crippen molar-refractivity contribution in [3.05, 3.63) is 58.8 Å². The average Bonchev–Trinajstić information content (AvgIpc) is 3.11. The molecule has 0 saturated carbocycles. The predicted molar refractivity (Wildman–Crippen MR) is 105 cm³/mol. The Kier molecular flexibility index (Phi) is 6.70. The van der Waals surface area contributed by atoms with Crippen LogP contribution in [0.4, 0.5) is 45.2 Å². The number of hydrazone groups is 1. The van der Waals surface area contributed by atoms with Crippen molar-refractivity contribution in [3.63, 3.8) is 0 Å². The molecule has 0 aliphatic carbocycles. The van der Waals surface area contributed by atoms with Crippen LogP contribution in [0.5, 0.6) is 5.75 Å². The van der Waals surface area contributed by atoms with Gasteiger partial charge < -0.3 is 25.7 Å². The predicted octanol–water partition coefficient (Wildman–Crippen LogP) is 5.06. The van der Waals surface area contributed by atoms with Gasteiger partial charge in [0, 0.05) is 17.6 Å². The number of alkyl halides is 9. The summed E-state index contributed by atoms with van der Waals surface area (Å²) in [6.45, 7) is -0.225. The first-order chi connectivity index (χ1) is 16.1. The molecule has 7 nitrogen and oxygen atoms in total. The lowest BCUT2D eigenvalue weighted by Gasteiger charge is -2.17. The summed E-state index contributed by atoms with van der Waals surface area (Å²) in [7, 11) is 0. The Labute approximate surface area is 189 Å². The number of amidine groups is 1. The van der Waals surface area contributed by atoms with Gasteiger partial charge in [-0.2, -0.15) is 31.4 Å². The van der Waals surface area contributed by atoms with Gasteiger partial charge in [-0.05, 0) is 29.8 Å². The number of nitrogens with two attached hydrogens (primary N) is 2. The molecule has 0 saturated heterocycles. The fourth-order valence-electron chi connectivity index (χ4n) is 3.14. The number of benzene rings is 2. The molecular weight excluding hydrogens is 501 g/mol. The number of fused-ring (bicyclic) bond motifs is 1. The number of anilines is 1. The summed E-state index contributed by atoms with van der Waals surface area (Å²) in [5.74, 6) is 7.36. The highest BCUT2D eigenvalue weighted by Crippen LogP contribution is 2.41. The highest BCUT2D eigenvalue weighted by Gasteiger charge is 2.41. The van der Waals surface area contributed by atoms with Gasteiger partial charge in [0.2, 0.25) is 5.84 Å². The van der Waals surface area contributed by atoms with Crippen molar-refractivity contribution in [2.45, 2.75) is 25.3 Å². The average molecular weight is 515 g/mol. The SMILES string of the molecule is N/N=C(\NN)c1oc2cc(CNc3ccc(OC(F)(F)F)c(C(F)(F)F)c3)ccc2c1C(F)(F)F. The third kappa shape index (κ3) is 5.82. The van der Waals surface area contributed by atoms with Crippen LogP contribution in [-0.2, 0) is 18.9 Å². The summed E-state index contributed by atoms with van der Waals surface area (Å²) in [5, 5.41) is 5.29.